The predicted octanol–water partition coefficient (Wildman–Crippen LogP) is 2.45. The Morgan fingerprint density at radius 3 is 2.82 bits per heavy atom. The first-order valence-corrected chi connectivity index (χ1v) is 5.07. The van der Waals surface area contributed by atoms with Gasteiger partial charge in [0, 0.05) is 6.42 Å². The Bertz CT molecular complexity index is 608. The van der Waals surface area contributed by atoms with Gasteiger partial charge in [-0.1, -0.05) is 18.2 Å². The number of pyridine rings is 1. The Balaban J connectivity index is 2.85. The van der Waals surface area contributed by atoms with E-state index in [-0.39, 0.29) is 11.4 Å². The lowest BCUT2D eigenvalue weighted by Crippen LogP contribution is -2.03. The molecule has 0 spiro atoms. The zero-order valence-corrected chi connectivity index (χ0v) is 9.09. The zero-order valence-electron chi connectivity index (χ0n) is 9.09. The van der Waals surface area contributed by atoms with E-state index >= 15 is 0 Å². The normalized spacial score (nSPS) is 10.4. The van der Waals surface area contributed by atoms with E-state index in [9.17, 15) is 10.1 Å². The van der Waals surface area contributed by atoms with Crippen molar-refractivity contribution in [2.24, 2.45) is 0 Å². The minimum atomic E-state index is -0.466. The summed E-state index contributed by atoms with van der Waals surface area (Å²) in [7, 11) is 0. The number of para-hydroxylation sites is 1. The molecule has 2 rings (SSSR count). The molecule has 5 nitrogen and oxygen atoms in total. The number of hydrogen-bond acceptors (Lipinski definition) is 4. The summed E-state index contributed by atoms with van der Waals surface area (Å²) in [4.78, 5) is 14.9. The number of rotatable bonds is 3. The summed E-state index contributed by atoms with van der Waals surface area (Å²) in [6, 6.07) is 6.89. The van der Waals surface area contributed by atoms with Crippen LogP contribution in [0, 0.1) is 10.1 Å². The lowest BCUT2D eigenvalue weighted by Gasteiger charge is -2.06. The number of nitrogen functional groups attached to an aromatic ring is 1. The van der Waals surface area contributed by atoms with Crippen molar-refractivity contribution >= 4 is 22.3 Å². The van der Waals surface area contributed by atoms with Crippen LogP contribution in [0.15, 0.2) is 36.9 Å². The van der Waals surface area contributed by atoms with Crippen LogP contribution in [0.25, 0.3) is 10.9 Å². The summed E-state index contributed by atoms with van der Waals surface area (Å²) < 4.78 is 0. The molecule has 0 aliphatic rings. The lowest BCUT2D eigenvalue weighted by atomic mass is 10.1. The maximum absolute atomic E-state index is 11.1. The molecule has 1 heterocycles. The van der Waals surface area contributed by atoms with Crippen LogP contribution in [-0.2, 0) is 6.42 Å². The molecule has 5 heteroatoms. The summed E-state index contributed by atoms with van der Waals surface area (Å²) in [6.07, 6.45) is 2.04. The standard InChI is InChI=1S/C12H11N3O2/c1-2-5-10-11(13)12(15(16)17)8-6-3-4-7-9(8)14-10/h2-4,6-7H,1,5,13H2. The summed E-state index contributed by atoms with van der Waals surface area (Å²) in [5.41, 5.74) is 6.89. The predicted molar refractivity (Wildman–Crippen MR) is 66.7 cm³/mol. The second kappa shape index (κ2) is 4.21. The van der Waals surface area contributed by atoms with Crippen LogP contribution >= 0.6 is 0 Å². The second-order valence-electron chi connectivity index (χ2n) is 3.59. The van der Waals surface area contributed by atoms with Gasteiger partial charge in [-0.25, -0.2) is 4.98 Å². The molecule has 0 amide bonds. The van der Waals surface area contributed by atoms with Gasteiger partial charge in [-0.3, -0.25) is 10.1 Å². The Morgan fingerprint density at radius 1 is 1.47 bits per heavy atom. The van der Waals surface area contributed by atoms with Crippen LogP contribution in [0.5, 0.6) is 0 Å². The smallest absolute Gasteiger partial charge is 0.303 e. The summed E-state index contributed by atoms with van der Waals surface area (Å²) in [5.74, 6) is 0. The zero-order chi connectivity index (χ0) is 12.4. The van der Waals surface area contributed by atoms with Gasteiger partial charge in [0.15, 0.2) is 0 Å². The van der Waals surface area contributed by atoms with E-state index in [1.807, 2.05) is 0 Å². The quantitative estimate of drug-likeness (QED) is 0.498. The summed E-state index contributed by atoms with van der Waals surface area (Å²) in [6.45, 7) is 3.59. The van der Waals surface area contributed by atoms with E-state index < -0.39 is 4.92 Å². The molecule has 0 aliphatic carbocycles. The number of anilines is 1. The SMILES string of the molecule is C=CCc1nc2ccccc2c([N+](=O)[O-])c1N. The molecule has 1 aromatic carbocycles. The molecule has 0 unspecified atom stereocenters. The van der Waals surface area contributed by atoms with Gasteiger partial charge in [-0.2, -0.15) is 0 Å². The molecule has 17 heavy (non-hydrogen) atoms. The van der Waals surface area contributed by atoms with Crippen LogP contribution in [0.1, 0.15) is 5.69 Å². The molecule has 0 bridgehead atoms. The molecule has 86 valence electrons. The molecule has 2 aromatic rings. The summed E-state index contributed by atoms with van der Waals surface area (Å²) in [5, 5.41) is 11.5. The van der Waals surface area contributed by atoms with Crippen molar-refractivity contribution < 1.29 is 4.92 Å². The third-order valence-corrected chi connectivity index (χ3v) is 2.50. The van der Waals surface area contributed by atoms with Gasteiger partial charge >= 0.3 is 5.69 Å². The average molecular weight is 229 g/mol. The first-order valence-electron chi connectivity index (χ1n) is 5.07. The molecule has 0 aliphatic heterocycles. The van der Waals surface area contributed by atoms with Crippen molar-refractivity contribution in [3.63, 3.8) is 0 Å². The van der Waals surface area contributed by atoms with Crippen molar-refractivity contribution in [3.8, 4) is 0 Å². The molecule has 0 atom stereocenters. The fourth-order valence-corrected chi connectivity index (χ4v) is 1.75. The molecular formula is C12H11N3O2. The molecule has 2 N–H and O–H groups in total. The maximum Gasteiger partial charge on any atom is 0.303 e. The third kappa shape index (κ3) is 1.82. The van der Waals surface area contributed by atoms with E-state index in [0.717, 1.165) is 0 Å². The highest BCUT2D eigenvalue weighted by atomic mass is 16.6. The van der Waals surface area contributed by atoms with Crippen molar-refractivity contribution in [2.75, 3.05) is 5.73 Å². The van der Waals surface area contributed by atoms with Crippen molar-refractivity contribution in [2.45, 2.75) is 6.42 Å². The monoisotopic (exact) mass is 229 g/mol. The highest BCUT2D eigenvalue weighted by molar-refractivity contribution is 5.94. The number of allylic oxidation sites excluding steroid dienone is 1. The van der Waals surface area contributed by atoms with Gasteiger partial charge in [0.25, 0.3) is 0 Å². The van der Waals surface area contributed by atoms with E-state index in [0.29, 0.717) is 23.0 Å². The Labute approximate surface area is 97.7 Å². The fraction of sp³-hybridized carbons (Fsp3) is 0.0833. The minimum absolute atomic E-state index is 0.0764. The molecule has 0 saturated carbocycles. The third-order valence-electron chi connectivity index (χ3n) is 2.50. The van der Waals surface area contributed by atoms with Gasteiger partial charge in [-0.05, 0) is 12.1 Å². The molecular weight excluding hydrogens is 218 g/mol. The van der Waals surface area contributed by atoms with Crippen LogP contribution in [-0.4, -0.2) is 9.91 Å². The molecule has 1 aromatic heterocycles. The van der Waals surface area contributed by atoms with Crippen molar-refractivity contribution in [1.82, 2.24) is 4.98 Å². The molecule has 0 saturated heterocycles. The van der Waals surface area contributed by atoms with Crippen molar-refractivity contribution in [1.29, 1.82) is 0 Å². The van der Waals surface area contributed by atoms with E-state index in [4.69, 9.17) is 5.73 Å². The van der Waals surface area contributed by atoms with Gasteiger partial charge in [0.05, 0.1) is 21.5 Å². The topological polar surface area (TPSA) is 82.0 Å². The lowest BCUT2D eigenvalue weighted by molar-refractivity contribution is -0.382. The number of nitrogens with two attached hydrogens (primary N) is 1. The molecule has 0 fully saturated rings. The van der Waals surface area contributed by atoms with Crippen LogP contribution < -0.4 is 5.73 Å². The minimum Gasteiger partial charge on any atom is -0.392 e. The number of nitro groups is 1. The van der Waals surface area contributed by atoms with Gasteiger partial charge < -0.3 is 5.73 Å². The van der Waals surface area contributed by atoms with Gasteiger partial charge in [0.1, 0.15) is 5.69 Å². The summed E-state index contributed by atoms with van der Waals surface area (Å²) >= 11 is 0. The van der Waals surface area contributed by atoms with Crippen LogP contribution in [0.4, 0.5) is 11.4 Å². The highest BCUT2D eigenvalue weighted by Crippen LogP contribution is 2.32. The molecule has 0 radical (unpaired) electrons. The number of nitrogens with zero attached hydrogens (tertiary/aromatic N) is 2. The Hall–Kier alpha value is -2.43. The highest BCUT2D eigenvalue weighted by Gasteiger charge is 2.20. The largest absolute Gasteiger partial charge is 0.392 e. The number of hydrogen-bond donors (Lipinski definition) is 1. The Morgan fingerprint density at radius 2 is 2.18 bits per heavy atom. The van der Waals surface area contributed by atoms with Crippen LogP contribution in [0.2, 0.25) is 0 Å². The Kier molecular flexibility index (Phi) is 2.74. The van der Waals surface area contributed by atoms with E-state index in [2.05, 4.69) is 11.6 Å². The second-order valence-corrected chi connectivity index (χ2v) is 3.59. The number of benzene rings is 1. The number of aromatic nitrogens is 1. The van der Waals surface area contributed by atoms with Gasteiger partial charge in [0.2, 0.25) is 0 Å². The number of fused-ring (bicyclic) bond motifs is 1. The fourth-order valence-electron chi connectivity index (χ4n) is 1.75. The first kappa shape index (κ1) is 11.1. The van der Waals surface area contributed by atoms with Crippen LogP contribution in [0.3, 0.4) is 0 Å². The van der Waals surface area contributed by atoms with E-state index in [1.165, 1.54) is 0 Å². The maximum atomic E-state index is 11.1. The van der Waals surface area contributed by atoms with Gasteiger partial charge in [-0.15, -0.1) is 6.58 Å². The first-order chi connectivity index (χ1) is 8.15. The van der Waals surface area contributed by atoms with E-state index in [1.54, 1.807) is 30.3 Å². The average Bonchev–Trinajstić information content (AvgIpc) is 2.30. The van der Waals surface area contributed by atoms with Crippen molar-refractivity contribution in [3.05, 3.63) is 52.7 Å².